The molecule has 194 valence electrons. The molecule has 3 N–H and O–H groups in total. The molecule has 0 unspecified atom stereocenters. The third-order valence-electron chi connectivity index (χ3n) is 6.90. The summed E-state index contributed by atoms with van der Waals surface area (Å²) in [7, 11) is 0. The molecule has 0 bridgehead atoms. The number of thiazole rings is 1. The van der Waals surface area contributed by atoms with Gasteiger partial charge >= 0.3 is 0 Å². The fourth-order valence-corrected chi connectivity index (χ4v) is 5.54. The molecule has 9 heteroatoms. The zero-order valence-electron chi connectivity index (χ0n) is 21.5. The Balaban J connectivity index is 1.21. The number of anilines is 1. The summed E-state index contributed by atoms with van der Waals surface area (Å²) >= 11 is 1.32. The Morgan fingerprint density at radius 2 is 1.82 bits per heavy atom. The van der Waals surface area contributed by atoms with Gasteiger partial charge in [-0.2, -0.15) is 0 Å². The maximum Gasteiger partial charge on any atom is 0.251 e. The average Bonchev–Trinajstić information content (AvgIpc) is 3.51. The molecule has 2 aromatic heterocycles. The number of benzene rings is 2. The van der Waals surface area contributed by atoms with Crippen molar-refractivity contribution in [3.05, 3.63) is 82.1 Å². The first-order chi connectivity index (χ1) is 18.2. The highest BCUT2D eigenvalue weighted by Crippen LogP contribution is 2.38. The topological polar surface area (TPSA) is 117 Å². The van der Waals surface area contributed by atoms with Crippen LogP contribution in [0, 0.1) is 13.8 Å². The molecule has 1 aliphatic rings. The molecule has 0 saturated carbocycles. The summed E-state index contributed by atoms with van der Waals surface area (Å²) in [5, 5.41) is 17.6. The molecule has 1 atom stereocenters. The summed E-state index contributed by atoms with van der Waals surface area (Å²) in [6.07, 6.45) is 1.74. The smallest absolute Gasteiger partial charge is 0.251 e. The first kappa shape index (κ1) is 25.7. The van der Waals surface area contributed by atoms with Gasteiger partial charge < -0.3 is 15.7 Å². The Bertz CT molecular complexity index is 1510. The van der Waals surface area contributed by atoms with E-state index in [9.17, 15) is 14.7 Å². The van der Waals surface area contributed by atoms with Crippen molar-refractivity contribution in [2.75, 3.05) is 18.5 Å². The van der Waals surface area contributed by atoms with Crippen LogP contribution in [0.3, 0.4) is 0 Å². The molecule has 1 aliphatic carbocycles. The fourth-order valence-electron chi connectivity index (χ4n) is 4.80. The van der Waals surface area contributed by atoms with Gasteiger partial charge in [-0.05, 0) is 62.1 Å². The molecule has 0 radical (unpaired) electrons. The number of carbonyl (C=O) groups excluding carboxylic acids is 2. The van der Waals surface area contributed by atoms with Gasteiger partial charge in [0, 0.05) is 33.2 Å². The van der Waals surface area contributed by atoms with Crippen LogP contribution in [0.2, 0.25) is 0 Å². The summed E-state index contributed by atoms with van der Waals surface area (Å²) in [6.45, 7) is 5.68. The van der Waals surface area contributed by atoms with Crippen molar-refractivity contribution in [2.45, 2.75) is 39.0 Å². The van der Waals surface area contributed by atoms with Gasteiger partial charge in [0.1, 0.15) is 5.82 Å². The van der Waals surface area contributed by atoms with Crippen LogP contribution >= 0.6 is 11.3 Å². The van der Waals surface area contributed by atoms with Crippen LogP contribution in [-0.2, 0) is 16.6 Å². The maximum absolute atomic E-state index is 12.7. The van der Waals surface area contributed by atoms with Gasteiger partial charge in [0.15, 0.2) is 5.13 Å². The third-order valence-corrected chi connectivity index (χ3v) is 7.66. The number of hydrogen-bond acceptors (Lipinski definition) is 7. The minimum Gasteiger partial charge on any atom is -0.395 e. The third kappa shape index (κ3) is 5.34. The number of carbonyl (C=O) groups is 2. The lowest BCUT2D eigenvalue weighted by Gasteiger charge is -2.22. The number of aliphatic hydroxyl groups is 1. The number of nitrogens with zero attached hydrogens (tertiary/aromatic N) is 3. The van der Waals surface area contributed by atoms with E-state index in [1.807, 2.05) is 68.6 Å². The van der Waals surface area contributed by atoms with Gasteiger partial charge in [0.25, 0.3) is 5.91 Å². The lowest BCUT2D eigenvalue weighted by molar-refractivity contribution is -0.115. The number of rotatable bonds is 7. The Morgan fingerprint density at radius 1 is 1.03 bits per heavy atom. The predicted molar refractivity (Wildman–Crippen MR) is 148 cm³/mol. The van der Waals surface area contributed by atoms with Crippen LogP contribution in [0.5, 0.6) is 0 Å². The fraction of sp³-hybridized carbons (Fsp3) is 0.276. The monoisotopic (exact) mass is 527 g/mol. The molecule has 5 rings (SSSR count). The molecule has 4 aromatic rings. The maximum atomic E-state index is 12.7. The second-order valence-electron chi connectivity index (χ2n) is 9.88. The van der Waals surface area contributed by atoms with Crippen molar-refractivity contribution in [2.24, 2.45) is 0 Å². The van der Waals surface area contributed by atoms with Gasteiger partial charge in [-0.1, -0.05) is 31.2 Å². The molecule has 2 aromatic carbocycles. The van der Waals surface area contributed by atoms with Gasteiger partial charge in [0.05, 0.1) is 24.5 Å². The number of hydrogen-bond donors (Lipinski definition) is 3. The summed E-state index contributed by atoms with van der Waals surface area (Å²) in [5.41, 5.74) is 6.66. The van der Waals surface area contributed by atoms with Gasteiger partial charge in [-0.3, -0.25) is 9.59 Å². The van der Waals surface area contributed by atoms with Crippen molar-refractivity contribution in [1.29, 1.82) is 0 Å². The zero-order chi connectivity index (χ0) is 26.9. The van der Waals surface area contributed by atoms with Crippen LogP contribution in [-0.4, -0.2) is 45.0 Å². The van der Waals surface area contributed by atoms with E-state index in [0.29, 0.717) is 10.7 Å². The number of aryl methyl sites for hydroxylation is 3. The van der Waals surface area contributed by atoms with Crippen LogP contribution in [0.15, 0.2) is 53.9 Å². The number of nitrogens with one attached hydrogen (secondary N) is 2. The minimum atomic E-state index is -0.360. The second kappa shape index (κ2) is 10.4. The molecule has 0 aliphatic heterocycles. The van der Waals surface area contributed by atoms with Crippen molar-refractivity contribution < 1.29 is 14.7 Å². The summed E-state index contributed by atoms with van der Waals surface area (Å²) in [4.78, 5) is 38.7. The van der Waals surface area contributed by atoms with Crippen LogP contribution in [0.25, 0.3) is 22.5 Å². The first-order valence-electron chi connectivity index (χ1n) is 12.4. The van der Waals surface area contributed by atoms with Crippen LogP contribution in [0.1, 0.15) is 46.3 Å². The molecular weight excluding hydrogens is 498 g/mol. The quantitative estimate of drug-likeness (QED) is 0.327. The molecule has 8 nitrogen and oxygen atoms in total. The molecule has 2 heterocycles. The molecule has 0 saturated heterocycles. The highest BCUT2D eigenvalue weighted by atomic mass is 32.1. The SMILES string of the molecule is Cc1cc(-c2cccc(-c3csc(NC(=O)CNC(=O)c4ccc5c(c4)[C@@](C)(CO)CC5)n3)c2)nc(C)n1. The molecular formula is C29H29N5O3S. The lowest BCUT2D eigenvalue weighted by Crippen LogP contribution is -2.33. The number of aromatic nitrogens is 3. The largest absolute Gasteiger partial charge is 0.395 e. The van der Waals surface area contributed by atoms with E-state index in [0.717, 1.165) is 58.0 Å². The Kier molecular flexibility index (Phi) is 7.05. The van der Waals surface area contributed by atoms with Gasteiger partial charge in [0.2, 0.25) is 5.91 Å². The van der Waals surface area contributed by atoms with E-state index >= 15 is 0 Å². The van der Waals surface area contributed by atoms with Crippen molar-refractivity contribution in [3.8, 4) is 22.5 Å². The first-order valence-corrected chi connectivity index (χ1v) is 13.3. The summed E-state index contributed by atoms with van der Waals surface area (Å²) in [5.74, 6) is 0.0271. The van der Waals surface area contributed by atoms with Gasteiger partial charge in [-0.15, -0.1) is 11.3 Å². The van der Waals surface area contributed by atoms with Gasteiger partial charge in [-0.25, -0.2) is 15.0 Å². The molecule has 0 fully saturated rings. The van der Waals surface area contributed by atoms with E-state index in [2.05, 4.69) is 25.6 Å². The van der Waals surface area contributed by atoms with Crippen LogP contribution in [0.4, 0.5) is 5.13 Å². The predicted octanol–water partition coefficient (Wildman–Crippen LogP) is 4.45. The van der Waals surface area contributed by atoms with Crippen molar-refractivity contribution >= 4 is 28.3 Å². The van der Waals surface area contributed by atoms with E-state index in [1.165, 1.54) is 11.3 Å². The molecule has 38 heavy (non-hydrogen) atoms. The standard InChI is InChI=1S/C29H29N5O3S/c1-17-11-24(32-18(2)31-17)20-5-4-6-21(12-20)25-15-38-28(33-25)34-26(36)14-30-27(37)22-8-7-19-9-10-29(3,16-35)23(19)13-22/h4-8,11-13,15,35H,9-10,14,16H2,1-3H3,(H,30,37)(H,33,34,36)/t29-/m1/s1. The van der Waals surface area contributed by atoms with Crippen molar-refractivity contribution in [1.82, 2.24) is 20.3 Å². The Hall–Kier alpha value is -3.95. The van der Waals surface area contributed by atoms with Crippen LogP contribution < -0.4 is 10.6 Å². The normalized spacial score (nSPS) is 16.2. The van der Waals surface area contributed by atoms with Crippen molar-refractivity contribution in [3.63, 3.8) is 0 Å². The number of fused-ring (bicyclic) bond motifs is 1. The second-order valence-corrected chi connectivity index (χ2v) is 10.7. The molecule has 2 amide bonds. The number of amides is 2. The Labute approximate surface area is 225 Å². The lowest BCUT2D eigenvalue weighted by atomic mass is 9.84. The average molecular weight is 528 g/mol. The summed E-state index contributed by atoms with van der Waals surface area (Å²) in [6, 6.07) is 15.4. The van der Waals surface area contributed by atoms with E-state index in [1.54, 1.807) is 6.07 Å². The van der Waals surface area contributed by atoms with E-state index in [4.69, 9.17) is 0 Å². The van der Waals surface area contributed by atoms with E-state index < -0.39 is 0 Å². The zero-order valence-corrected chi connectivity index (χ0v) is 22.4. The van der Waals surface area contributed by atoms with E-state index in [-0.39, 0.29) is 30.4 Å². The Morgan fingerprint density at radius 3 is 2.58 bits per heavy atom. The minimum absolute atomic E-state index is 0.0353. The number of aliphatic hydroxyl groups excluding tert-OH is 1. The molecule has 0 spiro atoms. The summed E-state index contributed by atoms with van der Waals surface area (Å²) < 4.78 is 0. The highest BCUT2D eigenvalue weighted by molar-refractivity contribution is 7.14. The highest BCUT2D eigenvalue weighted by Gasteiger charge is 2.34.